The van der Waals surface area contributed by atoms with Crippen molar-refractivity contribution in [3.8, 4) is 11.4 Å². The summed E-state index contributed by atoms with van der Waals surface area (Å²) in [5.74, 6) is -0.670. The highest BCUT2D eigenvalue weighted by Crippen LogP contribution is 2.18. The Kier molecular flexibility index (Phi) is 4.58. The van der Waals surface area contributed by atoms with Gasteiger partial charge in [0.15, 0.2) is 11.6 Å². The summed E-state index contributed by atoms with van der Waals surface area (Å²) in [4.78, 5) is 31.9. The number of allylic oxidation sites excluding steroid dienone is 1. The Balaban J connectivity index is 1.72. The fraction of sp³-hybridized carbons (Fsp3) is 0. The molecule has 2 heterocycles. The van der Waals surface area contributed by atoms with E-state index in [4.69, 9.17) is 5.11 Å². The van der Waals surface area contributed by atoms with E-state index >= 15 is 0 Å². The van der Waals surface area contributed by atoms with Gasteiger partial charge in [0.2, 0.25) is 0 Å². The first-order valence-corrected chi connectivity index (χ1v) is 7.88. The van der Waals surface area contributed by atoms with Crippen LogP contribution < -0.4 is 0 Å². The summed E-state index contributed by atoms with van der Waals surface area (Å²) in [5, 5.41) is 8.87. The van der Waals surface area contributed by atoms with E-state index in [1.807, 2.05) is 30.3 Å². The number of nitrogens with zero attached hydrogens (tertiary/aromatic N) is 2. The molecule has 1 N–H and O–H groups in total. The Hall–Kier alpha value is -3.12. The summed E-state index contributed by atoms with van der Waals surface area (Å²) >= 11 is 0.952. The quantitative estimate of drug-likeness (QED) is 0.566. The second kappa shape index (κ2) is 6.97. The number of carbonyl (C=O) groups is 2. The van der Waals surface area contributed by atoms with Crippen molar-refractivity contribution < 1.29 is 14.7 Å². The maximum Gasteiger partial charge on any atom is 0.345 e. The molecular formula is C18H12N2O3S. The Labute approximate surface area is 142 Å². The maximum atomic E-state index is 12.0. The molecular weight excluding hydrogens is 324 g/mol. The molecule has 6 heteroatoms. The molecule has 0 radical (unpaired) electrons. The van der Waals surface area contributed by atoms with Crippen LogP contribution in [0.1, 0.15) is 24.9 Å². The SMILES string of the molecule is O=C(O)c1ccc(C(=O)/C=C\c2cnc(-c3ccccc3)nc2)s1. The zero-order chi connectivity index (χ0) is 16.9. The molecule has 0 unspecified atom stereocenters. The zero-order valence-corrected chi connectivity index (χ0v) is 13.2. The molecule has 24 heavy (non-hydrogen) atoms. The number of aromatic nitrogens is 2. The third-order valence-electron chi connectivity index (χ3n) is 3.19. The largest absolute Gasteiger partial charge is 0.477 e. The highest BCUT2D eigenvalue weighted by Gasteiger charge is 2.10. The second-order valence-electron chi connectivity index (χ2n) is 4.87. The third kappa shape index (κ3) is 3.61. The standard InChI is InChI=1S/C18H12N2O3S/c21-14(15-8-9-16(24-15)18(22)23)7-6-12-10-19-17(20-11-12)13-4-2-1-3-5-13/h1-11H,(H,22,23)/b7-6-. The van der Waals surface area contributed by atoms with Crippen LogP contribution in [0, 0.1) is 0 Å². The number of hydrogen-bond acceptors (Lipinski definition) is 5. The summed E-state index contributed by atoms with van der Waals surface area (Å²) in [7, 11) is 0. The van der Waals surface area contributed by atoms with Crippen molar-refractivity contribution in [1.82, 2.24) is 9.97 Å². The minimum atomic E-state index is -1.03. The predicted molar refractivity (Wildman–Crippen MR) is 92.1 cm³/mol. The molecule has 0 aliphatic rings. The van der Waals surface area contributed by atoms with E-state index in [-0.39, 0.29) is 10.7 Å². The number of carboxylic acids is 1. The fourth-order valence-electron chi connectivity index (χ4n) is 2.00. The minimum absolute atomic E-state index is 0.141. The summed E-state index contributed by atoms with van der Waals surface area (Å²) in [6, 6.07) is 12.5. The number of hydrogen-bond donors (Lipinski definition) is 1. The predicted octanol–water partition coefficient (Wildman–Crippen LogP) is 3.80. The van der Waals surface area contributed by atoms with Gasteiger partial charge in [0, 0.05) is 23.5 Å². The van der Waals surface area contributed by atoms with Crippen molar-refractivity contribution in [2.24, 2.45) is 0 Å². The van der Waals surface area contributed by atoms with E-state index in [2.05, 4.69) is 9.97 Å². The van der Waals surface area contributed by atoms with Crippen LogP contribution in [0.25, 0.3) is 17.5 Å². The van der Waals surface area contributed by atoms with Crippen LogP contribution in [0.2, 0.25) is 0 Å². The summed E-state index contributed by atoms with van der Waals surface area (Å²) in [6.07, 6.45) is 6.27. The maximum absolute atomic E-state index is 12.0. The van der Waals surface area contributed by atoms with Gasteiger partial charge < -0.3 is 5.11 Å². The molecule has 0 bridgehead atoms. The number of rotatable bonds is 5. The highest BCUT2D eigenvalue weighted by molar-refractivity contribution is 7.16. The molecule has 3 aromatic rings. The van der Waals surface area contributed by atoms with Crippen LogP contribution in [0.5, 0.6) is 0 Å². The molecule has 118 valence electrons. The first kappa shape index (κ1) is 15.8. The molecule has 3 rings (SSSR count). The summed E-state index contributed by atoms with van der Waals surface area (Å²) < 4.78 is 0. The topological polar surface area (TPSA) is 80.1 Å². The Morgan fingerprint density at radius 3 is 2.25 bits per heavy atom. The Morgan fingerprint density at radius 2 is 1.62 bits per heavy atom. The van der Waals surface area contributed by atoms with Crippen LogP contribution in [-0.2, 0) is 0 Å². The molecule has 1 aromatic carbocycles. The molecule has 0 saturated heterocycles. The van der Waals surface area contributed by atoms with E-state index in [9.17, 15) is 9.59 Å². The van der Waals surface area contributed by atoms with Crippen LogP contribution >= 0.6 is 11.3 Å². The number of ketones is 1. The van der Waals surface area contributed by atoms with Crippen molar-refractivity contribution in [3.05, 3.63) is 76.3 Å². The lowest BCUT2D eigenvalue weighted by atomic mass is 10.2. The lowest BCUT2D eigenvalue weighted by Gasteiger charge is -1.99. The van der Waals surface area contributed by atoms with Crippen molar-refractivity contribution in [2.45, 2.75) is 0 Å². The van der Waals surface area contributed by atoms with Crippen LogP contribution in [-0.4, -0.2) is 26.8 Å². The number of carboxylic acid groups (broad SMARTS) is 1. The van der Waals surface area contributed by atoms with Crippen molar-refractivity contribution in [1.29, 1.82) is 0 Å². The molecule has 0 spiro atoms. The Morgan fingerprint density at radius 1 is 0.958 bits per heavy atom. The van der Waals surface area contributed by atoms with Gasteiger partial charge in [-0.25, -0.2) is 14.8 Å². The number of thiophene rings is 1. The molecule has 0 atom stereocenters. The molecule has 0 aliphatic carbocycles. The number of benzene rings is 1. The highest BCUT2D eigenvalue weighted by atomic mass is 32.1. The first-order valence-electron chi connectivity index (χ1n) is 7.06. The smallest absolute Gasteiger partial charge is 0.345 e. The molecule has 2 aromatic heterocycles. The average Bonchev–Trinajstić information content (AvgIpc) is 3.11. The van der Waals surface area contributed by atoms with Gasteiger partial charge in [-0.3, -0.25) is 4.79 Å². The van der Waals surface area contributed by atoms with E-state index in [1.165, 1.54) is 18.2 Å². The van der Waals surface area contributed by atoms with Crippen molar-refractivity contribution in [3.63, 3.8) is 0 Å². The summed E-state index contributed by atoms with van der Waals surface area (Å²) in [5.41, 5.74) is 1.61. The molecule has 0 fully saturated rings. The lowest BCUT2D eigenvalue weighted by Crippen LogP contribution is -1.92. The van der Waals surface area contributed by atoms with Crippen molar-refractivity contribution >= 4 is 29.2 Å². The zero-order valence-electron chi connectivity index (χ0n) is 12.4. The van der Waals surface area contributed by atoms with Gasteiger partial charge in [0.05, 0.1) is 4.88 Å². The molecule has 5 nitrogen and oxygen atoms in total. The van der Waals surface area contributed by atoms with Gasteiger partial charge in [0.1, 0.15) is 4.88 Å². The Bertz CT molecular complexity index is 900. The van der Waals surface area contributed by atoms with Crippen LogP contribution in [0.4, 0.5) is 0 Å². The van der Waals surface area contributed by atoms with Gasteiger partial charge in [-0.2, -0.15) is 0 Å². The lowest BCUT2D eigenvalue weighted by molar-refractivity contribution is 0.0702. The van der Waals surface area contributed by atoms with E-state index in [0.29, 0.717) is 16.3 Å². The van der Waals surface area contributed by atoms with Crippen molar-refractivity contribution in [2.75, 3.05) is 0 Å². The fourth-order valence-corrected chi connectivity index (χ4v) is 2.76. The molecule has 0 saturated carbocycles. The molecule has 0 amide bonds. The number of aromatic carboxylic acids is 1. The third-order valence-corrected chi connectivity index (χ3v) is 4.28. The monoisotopic (exact) mass is 336 g/mol. The van der Waals surface area contributed by atoms with E-state index < -0.39 is 5.97 Å². The normalized spacial score (nSPS) is 10.8. The van der Waals surface area contributed by atoms with E-state index in [0.717, 1.165) is 16.9 Å². The van der Waals surface area contributed by atoms with Crippen LogP contribution in [0.15, 0.2) is 60.9 Å². The van der Waals surface area contributed by atoms with E-state index in [1.54, 1.807) is 18.5 Å². The molecule has 0 aliphatic heterocycles. The first-order chi connectivity index (χ1) is 11.6. The van der Waals surface area contributed by atoms with Crippen LogP contribution in [0.3, 0.4) is 0 Å². The van der Waals surface area contributed by atoms with Gasteiger partial charge in [0.25, 0.3) is 0 Å². The summed E-state index contributed by atoms with van der Waals surface area (Å²) in [6.45, 7) is 0. The average molecular weight is 336 g/mol. The van der Waals surface area contributed by atoms with Gasteiger partial charge in [-0.15, -0.1) is 11.3 Å². The minimum Gasteiger partial charge on any atom is -0.477 e. The van der Waals surface area contributed by atoms with Gasteiger partial charge >= 0.3 is 5.97 Å². The van der Waals surface area contributed by atoms with Gasteiger partial charge in [-0.1, -0.05) is 30.3 Å². The van der Waals surface area contributed by atoms with Gasteiger partial charge in [-0.05, 0) is 24.3 Å². The number of carbonyl (C=O) groups excluding carboxylic acids is 1. The second-order valence-corrected chi connectivity index (χ2v) is 5.96.